The first-order chi connectivity index (χ1) is 11.0. The third-order valence-corrected chi connectivity index (χ3v) is 10.6. The third-order valence-electron chi connectivity index (χ3n) is 4.81. The van der Waals surface area contributed by atoms with E-state index in [9.17, 15) is 0 Å². The maximum atomic E-state index is 6.35. The molecule has 0 radical (unpaired) electrons. The van der Waals surface area contributed by atoms with Gasteiger partial charge in [0, 0.05) is 10.6 Å². The van der Waals surface area contributed by atoms with Crippen molar-refractivity contribution in [2.45, 2.75) is 50.8 Å². The molecule has 1 fully saturated rings. The van der Waals surface area contributed by atoms with Gasteiger partial charge in [-0.2, -0.15) is 0 Å². The second-order valence-corrected chi connectivity index (χ2v) is 13.8. The van der Waals surface area contributed by atoms with Crippen LogP contribution in [-0.2, 0) is 19.7 Å². The summed E-state index contributed by atoms with van der Waals surface area (Å²) in [4.78, 5) is 0. The summed E-state index contributed by atoms with van der Waals surface area (Å²) < 4.78 is 18.5. The lowest BCUT2D eigenvalue weighted by molar-refractivity contribution is -0.159. The van der Waals surface area contributed by atoms with E-state index in [1.54, 1.807) is 12.1 Å². The summed E-state index contributed by atoms with van der Waals surface area (Å²) in [5.41, 5.74) is 0.778. The molecular weight excluding hydrogens is 431 g/mol. The van der Waals surface area contributed by atoms with Crippen LogP contribution >= 0.6 is 39.1 Å². The first kappa shape index (κ1) is 20.7. The Kier molecular flexibility index (Phi) is 6.51. The van der Waals surface area contributed by atoms with Gasteiger partial charge in [0.2, 0.25) is 5.79 Å². The molecular formula is C17H25BrCl2O3Si. The van der Waals surface area contributed by atoms with Gasteiger partial charge in [-0.15, -0.1) is 0 Å². The molecule has 136 valence electrons. The maximum Gasteiger partial charge on any atom is 0.206 e. The summed E-state index contributed by atoms with van der Waals surface area (Å²) >= 11 is 15.8. The molecule has 1 aliphatic heterocycles. The fraction of sp³-hybridized carbons (Fsp3) is 0.647. The minimum atomic E-state index is -1.82. The topological polar surface area (TPSA) is 27.7 Å². The molecule has 3 nitrogen and oxygen atoms in total. The average Bonchev–Trinajstić information content (AvgIpc) is 2.89. The molecule has 0 saturated carbocycles. The molecule has 0 bridgehead atoms. The van der Waals surface area contributed by atoms with Crippen molar-refractivity contribution in [2.24, 2.45) is 0 Å². The molecule has 24 heavy (non-hydrogen) atoms. The standard InChI is InChI=1S/C17H25BrCl2O3Si/c1-16(2,3)24(4,5)22-10-13-9-21-17(11-18,23-13)14-7-6-12(19)8-15(14)20/h6-8,13H,9-11H2,1-5H3. The summed E-state index contributed by atoms with van der Waals surface area (Å²) in [6.07, 6.45) is -0.122. The predicted octanol–water partition coefficient (Wildman–Crippen LogP) is 5.98. The van der Waals surface area contributed by atoms with Gasteiger partial charge in [0.15, 0.2) is 8.32 Å². The van der Waals surface area contributed by atoms with E-state index >= 15 is 0 Å². The zero-order valence-electron chi connectivity index (χ0n) is 14.8. The Bertz CT molecular complexity index is 592. The largest absolute Gasteiger partial charge is 0.414 e. The second-order valence-electron chi connectivity index (χ2n) is 7.63. The molecule has 0 N–H and O–H groups in total. The molecule has 7 heteroatoms. The van der Waals surface area contributed by atoms with Gasteiger partial charge in [-0.25, -0.2) is 0 Å². The lowest BCUT2D eigenvalue weighted by Crippen LogP contribution is -2.43. The Morgan fingerprint density at radius 3 is 2.54 bits per heavy atom. The lowest BCUT2D eigenvalue weighted by atomic mass is 10.1. The quantitative estimate of drug-likeness (QED) is 0.403. The monoisotopic (exact) mass is 454 g/mol. The molecule has 1 aromatic rings. The van der Waals surface area contributed by atoms with E-state index < -0.39 is 14.1 Å². The highest BCUT2D eigenvalue weighted by molar-refractivity contribution is 9.09. The zero-order valence-corrected chi connectivity index (χ0v) is 18.9. The average molecular weight is 456 g/mol. The SMILES string of the molecule is CC(C)(C)[Si](C)(C)OCC1COC(CBr)(c2ccc(Cl)cc2Cl)O1. The summed E-state index contributed by atoms with van der Waals surface area (Å²) in [6.45, 7) is 12.1. The van der Waals surface area contributed by atoms with Crippen LogP contribution in [0.2, 0.25) is 28.2 Å². The normalized spacial score (nSPS) is 25.2. The number of benzene rings is 1. The van der Waals surface area contributed by atoms with E-state index in [-0.39, 0.29) is 11.1 Å². The summed E-state index contributed by atoms with van der Waals surface area (Å²) in [5.74, 6) is -0.900. The zero-order chi connectivity index (χ0) is 18.2. The number of halogens is 3. The van der Waals surface area contributed by atoms with Crippen molar-refractivity contribution in [3.8, 4) is 0 Å². The second kappa shape index (κ2) is 7.55. The van der Waals surface area contributed by atoms with E-state index in [1.807, 2.05) is 6.07 Å². The number of rotatable bonds is 5. The van der Waals surface area contributed by atoms with Crippen molar-refractivity contribution in [2.75, 3.05) is 18.5 Å². The van der Waals surface area contributed by atoms with Crippen LogP contribution in [0.4, 0.5) is 0 Å². The summed E-state index contributed by atoms with van der Waals surface area (Å²) in [7, 11) is -1.82. The van der Waals surface area contributed by atoms with Crippen LogP contribution in [0.3, 0.4) is 0 Å². The molecule has 1 saturated heterocycles. The van der Waals surface area contributed by atoms with E-state index in [0.29, 0.717) is 28.6 Å². The number of hydrogen-bond acceptors (Lipinski definition) is 3. The van der Waals surface area contributed by atoms with Crippen molar-refractivity contribution in [1.29, 1.82) is 0 Å². The van der Waals surface area contributed by atoms with Gasteiger partial charge in [-0.3, -0.25) is 0 Å². The van der Waals surface area contributed by atoms with E-state index in [0.717, 1.165) is 5.56 Å². The van der Waals surface area contributed by atoms with Crippen LogP contribution < -0.4 is 0 Å². The smallest absolute Gasteiger partial charge is 0.206 e. The minimum absolute atomic E-state index is 0.122. The fourth-order valence-corrected chi connectivity index (χ4v) is 4.43. The summed E-state index contributed by atoms with van der Waals surface area (Å²) in [5, 5.41) is 1.77. The highest BCUT2D eigenvalue weighted by Crippen LogP contribution is 2.41. The molecule has 1 heterocycles. The molecule has 2 rings (SSSR count). The first-order valence-electron chi connectivity index (χ1n) is 7.98. The molecule has 2 atom stereocenters. The molecule has 0 spiro atoms. The van der Waals surface area contributed by atoms with Crippen LogP contribution in [-0.4, -0.2) is 33.0 Å². The van der Waals surface area contributed by atoms with Gasteiger partial charge in [0.1, 0.15) is 6.10 Å². The Balaban J connectivity index is 2.09. The lowest BCUT2D eigenvalue weighted by Gasteiger charge is -2.37. The Morgan fingerprint density at radius 2 is 2.00 bits per heavy atom. The molecule has 0 amide bonds. The van der Waals surface area contributed by atoms with Crippen molar-refractivity contribution < 1.29 is 13.9 Å². The van der Waals surface area contributed by atoms with Gasteiger partial charge in [0.05, 0.1) is 23.6 Å². The van der Waals surface area contributed by atoms with Crippen LogP contribution in [0, 0.1) is 0 Å². The van der Waals surface area contributed by atoms with Crippen molar-refractivity contribution in [1.82, 2.24) is 0 Å². The van der Waals surface area contributed by atoms with Crippen LogP contribution in [0.5, 0.6) is 0 Å². The molecule has 0 aromatic heterocycles. The van der Waals surface area contributed by atoms with Crippen molar-refractivity contribution >= 4 is 47.4 Å². The number of ether oxygens (including phenoxy) is 2. The van der Waals surface area contributed by atoms with Crippen molar-refractivity contribution in [3.63, 3.8) is 0 Å². The highest BCUT2D eigenvalue weighted by Gasteiger charge is 2.45. The van der Waals surface area contributed by atoms with Gasteiger partial charge in [-0.1, -0.05) is 66.0 Å². The third kappa shape index (κ3) is 4.37. The number of alkyl halides is 1. The molecule has 1 aromatic carbocycles. The van der Waals surface area contributed by atoms with Gasteiger partial charge in [0.25, 0.3) is 0 Å². The van der Waals surface area contributed by atoms with E-state index in [2.05, 4.69) is 49.8 Å². The molecule has 0 aliphatic carbocycles. The van der Waals surface area contributed by atoms with E-state index in [1.165, 1.54) is 0 Å². The number of hydrogen-bond donors (Lipinski definition) is 0. The van der Waals surface area contributed by atoms with Crippen LogP contribution in [0.1, 0.15) is 26.3 Å². The van der Waals surface area contributed by atoms with Gasteiger partial charge in [-0.05, 0) is 30.3 Å². The summed E-state index contributed by atoms with van der Waals surface area (Å²) in [6, 6.07) is 5.34. The first-order valence-corrected chi connectivity index (χ1v) is 12.8. The Morgan fingerprint density at radius 1 is 1.33 bits per heavy atom. The van der Waals surface area contributed by atoms with E-state index in [4.69, 9.17) is 37.1 Å². The van der Waals surface area contributed by atoms with Crippen molar-refractivity contribution in [3.05, 3.63) is 33.8 Å². The fourth-order valence-electron chi connectivity index (χ4n) is 2.25. The van der Waals surface area contributed by atoms with Crippen LogP contribution in [0.25, 0.3) is 0 Å². The Hall–Kier alpha value is 0.377. The Labute approximate surface area is 164 Å². The predicted molar refractivity (Wildman–Crippen MR) is 106 cm³/mol. The molecule has 2 unspecified atom stereocenters. The molecule has 1 aliphatic rings. The van der Waals surface area contributed by atoms with Crippen LogP contribution in [0.15, 0.2) is 18.2 Å². The highest BCUT2D eigenvalue weighted by atomic mass is 79.9. The minimum Gasteiger partial charge on any atom is -0.414 e. The maximum absolute atomic E-state index is 6.35. The van der Waals surface area contributed by atoms with Gasteiger partial charge >= 0.3 is 0 Å². The van der Waals surface area contributed by atoms with Gasteiger partial charge < -0.3 is 13.9 Å².